The van der Waals surface area contributed by atoms with Crippen LogP contribution in [0.4, 0.5) is 17.3 Å². The average Bonchev–Trinajstić information content (AvgIpc) is 2.69. The summed E-state index contributed by atoms with van der Waals surface area (Å²) in [6.45, 7) is 5.36. The highest BCUT2D eigenvalue weighted by molar-refractivity contribution is 5.70. The van der Waals surface area contributed by atoms with E-state index < -0.39 is 0 Å². The predicted octanol–water partition coefficient (Wildman–Crippen LogP) is 4.03. The maximum atomic E-state index is 5.43. The highest BCUT2D eigenvalue weighted by Gasteiger charge is 2.13. The second-order valence-electron chi connectivity index (χ2n) is 6.43. The highest BCUT2D eigenvalue weighted by Crippen LogP contribution is 2.26. The van der Waals surface area contributed by atoms with Crippen LogP contribution in [0.15, 0.2) is 60.9 Å². The van der Waals surface area contributed by atoms with Crippen LogP contribution in [-0.2, 0) is 4.74 Å². The molecule has 0 radical (unpaired) electrons. The summed E-state index contributed by atoms with van der Waals surface area (Å²) in [6.07, 6.45) is 3.70. The molecule has 0 spiro atoms. The Kier molecular flexibility index (Phi) is 4.80. The van der Waals surface area contributed by atoms with Gasteiger partial charge in [-0.2, -0.15) is 0 Å². The first-order valence-electron chi connectivity index (χ1n) is 8.87. The maximum Gasteiger partial charge on any atom is 0.130 e. The molecule has 0 bridgehead atoms. The minimum Gasteiger partial charge on any atom is -0.378 e. The van der Waals surface area contributed by atoms with Crippen LogP contribution < -0.4 is 10.2 Å². The number of ether oxygens (including phenoxy) is 1. The molecule has 1 saturated heterocycles. The van der Waals surface area contributed by atoms with E-state index in [2.05, 4.69) is 51.4 Å². The quantitative estimate of drug-likeness (QED) is 0.773. The maximum absolute atomic E-state index is 5.43. The van der Waals surface area contributed by atoms with Crippen LogP contribution in [0.25, 0.3) is 11.1 Å². The SMILES string of the molecule is Cc1cccc(Nc2cc(-c3ccnc(N4CCOCC4)c3)ccn2)c1. The van der Waals surface area contributed by atoms with E-state index in [0.717, 1.165) is 54.8 Å². The Morgan fingerprint density at radius 2 is 1.69 bits per heavy atom. The van der Waals surface area contributed by atoms with Crippen LogP contribution >= 0.6 is 0 Å². The van der Waals surface area contributed by atoms with Crippen molar-refractivity contribution >= 4 is 17.3 Å². The van der Waals surface area contributed by atoms with E-state index in [1.807, 2.05) is 36.7 Å². The third-order valence-corrected chi connectivity index (χ3v) is 4.46. The molecule has 3 aromatic rings. The number of benzene rings is 1. The summed E-state index contributed by atoms with van der Waals surface area (Å²) in [7, 11) is 0. The van der Waals surface area contributed by atoms with Gasteiger partial charge >= 0.3 is 0 Å². The molecule has 2 aromatic heterocycles. The van der Waals surface area contributed by atoms with Crippen molar-refractivity contribution in [3.05, 3.63) is 66.5 Å². The molecule has 1 fully saturated rings. The number of rotatable bonds is 4. The van der Waals surface area contributed by atoms with Gasteiger partial charge in [0.25, 0.3) is 0 Å². The summed E-state index contributed by atoms with van der Waals surface area (Å²) >= 11 is 0. The van der Waals surface area contributed by atoms with Crippen LogP contribution in [0.2, 0.25) is 0 Å². The molecule has 0 atom stereocenters. The van der Waals surface area contributed by atoms with Gasteiger partial charge in [-0.25, -0.2) is 9.97 Å². The highest BCUT2D eigenvalue weighted by atomic mass is 16.5. The predicted molar refractivity (Wildman–Crippen MR) is 105 cm³/mol. The van der Waals surface area contributed by atoms with Gasteiger partial charge in [0.05, 0.1) is 13.2 Å². The number of pyridine rings is 2. The number of morpholine rings is 1. The Morgan fingerprint density at radius 1 is 0.923 bits per heavy atom. The van der Waals surface area contributed by atoms with Gasteiger partial charge < -0.3 is 15.0 Å². The minimum absolute atomic E-state index is 0.756. The first kappa shape index (κ1) is 16.5. The van der Waals surface area contributed by atoms with E-state index in [9.17, 15) is 0 Å². The molecule has 5 heteroatoms. The number of anilines is 3. The smallest absolute Gasteiger partial charge is 0.130 e. The van der Waals surface area contributed by atoms with E-state index in [-0.39, 0.29) is 0 Å². The van der Waals surface area contributed by atoms with Crippen molar-refractivity contribution < 1.29 is 4.74 Å². The lowest BCUT2D eigenvalue weighted by Gasteiger charge is -2.28. The molecule has 3 heterocycles. The Morgan fingerprint density at radius 3 is 2.50 bits per heavy atom. The van der Waals surface area contributed by atoms with E-state index >= 15 is 0 Å². The monoisotopic (exact) mass is 346 g/mol. The van der Waals surface area contributed by atoms with Crippen LogP contribution in [0.5, 0.6) is 0 Å². The van der Waals surface area contributed by atoms with Crippen molar-refractivity contribution in [2.75, 3.05) is 36.5 Å². The molecule has 4 rings (SSSR count). The van der Waals surface area contributed by atoms with Crippen molar-refractivity contribution in [2.24, 2.45) is 0 Å². The van der Waals surface area contributed by atoms with Gasteiger partial charge in [0, 0.05) is 31.2 Å². The summed E-state index contributed by atoms with van der Waals surface area (Å²) in [5.41, 5.74) is 4.51. The summed E-state index contributed by atoms with van der Waals surface area (Å²) in [5, 5.41) is 3.38. The molecule has 0 amide bonds. The van der Waals surface area contributed by atoms with Crippen molar-refractivity contribution in [3.8, 4) is 11.1 Å². The molecule has 0 unspecified atom stereocenters. The molecule has 0 saturated carbocycles. The molecule has 132 valence electrons. The van der Waals surface area contributed by atoms with Gasteiger partial charge in [-0.3, -0.25) is 0 Å². The molecule has 5 nitrogen and oxygen atoms in total. The second-order valence-corrected chi connectivity index (χ2v) is 6.43. The standard InChI is InChI=1S/C21H22N4O/c1-16-3-2-4-19(13-16)24-20-14-17(5-7-22-20)18-6-8-23-21(15-18)25-9-11-26-12-10-25/h2-8,13-15H,9-12H2,1H3,(H,22,24). The third-order valence-electron chi connectivity index (χ3n) is 4.46. The van der Waals surface area contributed by atoms with Crippen molar-refractivity contribution in [1.29, 1.82) is 0 Å². The topological polar surface area (TPSA) is 50.3 Å². The lowest BCUT2D eigenvalue weighted by molar-refractivity contribution is 0.122. The lowest BCUT2D eigenvalue weighted by atomic mass is 10.1. The number of aryl methyl sites for hydroxylation is 1. The zero-order valence-electron chi connectivity index (χ0n) is 14.9. The van der Waals surface area contributed by atoms with Gasteiger partial charge in [0.1, 0.15) is 11.6 Å². The minimum atomic E-state index is 0.756. The van der Waals surface area contributed by atoms with E-state index in [1.54, 1.807) is 0 Å². The zero-order chi connectivity index (χ0) is 17.8. The molecule has 26 heavy (non-hydrogen) atoms. The zero-order valence-corrected chi connectivity index (χ0v) is 14.9. The molecular weight excluding hydrogens is 324 g/mol. The molecule has 1 aliphatic heterocycles. The fourth-order valence-electron chi connectivity index (χ4n) is 3.11. The Labute approximate surface area is 153 Å². The fourth-order valence-corrected chi connectivity index (χ4v) is 3.11. The Balaban J connectivity index is 1.58. The lowest BCUT2D eigenvalue weighted by Crippen LogP contribution is -2.36. The van der Waals surface area contributed by atoms with E-state index in [0.29, 0.717) is 0 Å². The molecule has 1 aromatic carbocycles. The van der Waals surface area contributed by atoms with Crippen molar-refractivity contribution in [1.82, 2.24) is 9.97 Å². The third kappa shape index (κ3) is 3.83. The van der Waals surface area contributed by atoms with Gasteiger partial charge in [-0.15, -0.1) is 0 Å². The van der Waals surface area contributed by atoms with Crippen LogP contribution in [0.3, 0.4) is 0 Å². The summed E-state index contributed by atoms with van der Waals surface area (Å²) < 4.78 is 5.43. The molecular formula is C21H22N4O. The van der Waals surface area contributed by atoms with Gasteiger partial charge in [-0.05, 0) is 60.0 Å². The second kappa shape index (κ2) is 7.54. The number of nitrogens with one attached hydrogen (secondary N) is 1. The molecule has 1 N–H and O–H groups in total. The number of hydrogen-bond acceptors (Lipinski definition) is 5. The first-order chi connectivity index (χ1) is 12.8. The van der Waals surface area contributed by atoms with Crippen LogP contribution in [-0.4, -0.2) is 36.3 Å². The van der Waals surface area contributed by atoms with Crippen LogP contribution in [0, 0.1) is 6.92 Å². The van der Waals surface area contributed by atoms with Gasteiger partial charge in [0.15, 0.2) is 0 Å². The largest absolute Gasteiger partial charge is 0.378 e. The average molecular weight is 346 g/mol. The molecule has 0 aliphatic carbocycles. The number of nitrogens with zero attached hydrogens (tertiary/aromatic N) is 3. The summed E-state index contributed by atoms with van der Waals surface area (Å²) in [5.74, 6) is 1.83. The first-order valence-corrected chi connectivity index (χ1v) is 8.87. The van der Waals surface area contributed by atoms with Crippen molar-refractivity contribution in [3.63, 3.8) is 0 Å². The number of hydrogen-bond donors (Lipinski definition) is 1. The summed E-state index contributed by atoms with van der Waals surface area (Å²) in [4.78, 5) is 11.2. The van der Waals surface area contributed by atoms with Crippen molar-refractivity contribution in [2.45, 2.75) is 6.92 Å². The number of aromatic nitrogens is 2. The Hall–Kier alpha value is -2.92. The van der Waals surface area contributed by atoms with Crippen LogP contribution in [0.1, 0.15) is 5.56 Å². The van der Waals surface area contributed by atoms with E-state index in [4.69, 9.17) is 4.74 Å². The Bertz CT molecular complexity index is 890. The van der Waals surface area contributed by atoms with E-state index in [1.165, 1.54) is 5.56 Å². The van der Waals surface area contributed by atoms with Gasteiger partial charge in [0.2, 0.25) is 0 Å². The van der Waals surface area contributed by atoms with Gasteiger partial charge in [-0.1, -0.05) is 12.1 Å². The fraction of sp³-hybridized carbons (Fsp3) is 0.238. The summed E-state index contributed by atoms with van der Waals surface area (Å²) in [6, 6.07) is 16.5. The molecule has 1 aliphatic rings. The normalized spacial score (nSPS) is 14.3.